The summed E-state index contributed by atoms with van der Waals surface area (Å²) in [4.78, 5) is 4.53. The van der Waals surface area contributed by atoms with Crippen molar-refractivity contribution in [2.75, 3.05) is 17.2 Å². The van der Waals surface area contributed by atoms with Crippen LogP contribution >= 0.6 is 0 Å². The standard InChI is InChI=1S/C26H28BN5O5/c1-15-18-11-17(9-10-20(18)27(35)37-15)29-23-12-21(30-22(14-33)16-7-5-4-6-8-16)19(13-28-23)24-31-32-25(36-24)26(2,3)34/h4-13,15,22,33-35H,14H2,1-3H3,(H2,28,29,30)/t15?,22-/m1/s1. The number of aliphatic hydroxyl groups is 2. The second-order valence-electron chi connectivity index (χ2n) is 9.48. The van der Waals surface area contributed by atoms with Crippen molar-refractivity contribution in [3.05, 3.63) is 77.8 Å². The SMILES string of the molecule is CC1OB(O)c2ccc(Nc3cc(N[C@H](CO)c4ccccc4)c(-c4nnc(C(C)(C)O)o4)cn3)cc21. The lowest BCUT2D eigenvalue weighted by atomic mass is 9.79. The average molecular weight is 501 g/mol. The largest absolute Gasteiger partial charge is 0.491 e. The molecule has 3 heterocycles. The van der Waals surface area contributed by atoms with Crippen LogP contribution in [0.1, 0.15) is 49.9 Å². The molecule has 5 N–H and O–H groups in total. The predicted molar refractivity (Wildman–Crippen MR) is 139 cm³/mol. The predicted octanol–water partition coefficient (Wildman–Crippen LogP) is 3.03. The molecule has 5 rings (SSSR count). The minimum Gasteiger partial charge on any atom is -0.423 e. The number of benzene rings is 2. The number of aromatic nitrogens is 3. The first-order chi connectivity index (χ1) is 17.7. The van der Waals surface area contributed by atoms with Gasteiger partial charge in [-0.1, -0.05) is 36.4 Å². The van der Waals surface area contributed by atoms with E-state index in [1.54, 1.807) is 26.1 Å². The molecule has 0 bridgehead atoms. The molecule has 0 amide bonds. The quantitative estimate of drug-likeness (QED) is 0.228. The molecule has 4 aromatic rings. The second kappa shape index (κ2) is 9.94. The lowest BCUT2D eigenvalue weighted by Crippen LogP contribution is -2.27. The topological polar surface area (TPSA) is 146 Å². The van der Waals surface area contributed by atoms with Crippen molar-refractivity contribution in [3.8, 4) is 11.5 Å². The van der Waals surface area contributed by atoms with Gasteiger partial charge in [-0.2, -0.15) is 0 Å². The third-order valence-corrected chi connectivity index (χ3v) is 6.19. The Hall–Kier alpha value is -3.77. The second-order valence-corrected chi connectivity index (χ2v) is 9.48. The highest BCUT2D eigenvalue weighted by atomic mass is 16.5. The van der Waals surface area contributed by atoms with Gasteiger partial charge < -0.3 is 34.9 Å². The van der Waals surface area contributed by atoms with Gasteiger partial charge in [0.25, 0.3) is 5.89 Å². The summed E-state index contributed by atoms with van der Waals surface area (Å²) in [6.45, 7) is 4.86. The van der Waals surface area contributed by atoms with Crippen molar-refractivity contribution in [1.29, 1.82) is 0 Å². The van der Waals surface area contributed by atoms with E-state index in [2.05, 4.69) is 25.8 Å². The van der Waals surface area contributed by atoms with Crippen molar-refractivity contribution in [2.45, 2.75) is 38.5 Å². The Bertz CT molecular complexity index is 1390. The molecular formula is C26H28BN5O5. The summed E-state index contributed by atoms with van der Waals surface area (Å²) in [5, 5.41) is 45.2. The number of aliphatic hydroxyl groups excluding tert-OH is 1. The molecular weight excluding hydrogens is 473 g/mol. The zero-order valence-electron chi connectivity index (χ0n) is 20.7. The molecule has 0 saturated heterocycles. The molecule has 2 aromatic heterocycles. The summed E-state index contributed by atoms with van der Waals surface area (Å²) >= 11 is 0. The minimum absolute atomic E-state index is 0.0779. The summed E-state index contributed by atoms with van der Waals surface area (Å²) in [6.07, 6.45) is 1.37. The van der Waals surface area contributed by atoms with Gasteiger partial charge in [0.1, 0.15) is 11.4 Å². The third kappa shape index (κ3) is 5.21. The fraction of sp³-hybridized carbons (Fsp3) is 0.269. The van der Waals surface area contributed by atoms with Crippen molar-refractivity contribution in [1.82, 2.24) is 15.2 Å². The molecule has 2 aromatic carbocycles. The summed E-state index contributed by atoms with van der Waals surface area (Å²) in [5.74, 6) is 0.792. The smallest absolute Gasteiger partial charge is 0.423 e. The van der Waals surface area contributed by atoms with Gasteiger partial charge >= 0.3 is 7.12 Å². The Balaban J connectivity index is 1.50. The van der Waals surface area contributed by atoms with Gasteiger partial charge in [-0.05, 0) is 49.5 Å². The normalized spacial score (nSPS) is 15.9. The van der Waals surface area contributed by atoms with Crippen LogP contribution in [-0.2, 0) is 10.3 Å². The van der Waals surface area contributed by atoms with E-state index in [0.717, 1.165) is 22.3 Å². The summed E-state index contributed by atoms with van der Waals surface area (Å²) in [5.41, 5.74) is 3.14. The number of rotatable bonds is 8. The Labute approximate surface area is 214 Å². The fourth-order valence-electron chi connectivity index (χ4n) is 4.22. The highest BCUT2D eigenvalue weighted by molar-refractivity contribution is 6.61. The van der Waals surface area contributed by atoms with Gasteiger partial charge in [0, 0.05) is 18.0 Å². The molecule has 0 aliphatic carbocycles. The molecule has 0 radical (unpaired) electrons. The van der Waals surface area contributed by atoms with E-state index in [0.29, 0.717) is 17.1 Å². The third-order valence-electron chi connectivity index (χ3n) is 6.19. The lowest BCUT2D eigenvalue weighted by molar-refractivity contribution is 0.0488. The first-order valence-corrected chi connectivity index (χ1v) is 12.0. The highest BCUT2D eigenvalue weighted by Gasteiger charge is 2.32. The summed E-state index contributed by atoms with van der Waals surface area (Å²) in [7, 11) is -0.927. The van der Waals surface area contributed by atoms with Crippen LogP contribution in [0.5, 0.6) is 0 Å². The maximum atomic E-state index is 10.3. The monoisotopic (exact) mass is 501 g/mol. The number of anilines is 3. The number of fused-ring (bicyclic) bond motifs is 1. The Morgan fingerprint density at radius 1 is 1.11 bits per heavy atom. The van der Waals surface area contributed by atoms with E-state index >= 15 is 0 Å². The van der Waals surface area contributed by atoms with Gasteiger partial charge in [0.15, 0.2) is 0 Å². The molecule has 37 heavy (non-hydrogen) atoms. The Morgan fingerprint density at radius 3 is 2.59 bits per heavy atom. The lowest BCUT2D eigenvalue weighted by Gasteiger charge is -2.20. The minimum atomic E-state index is -1.30. The fourth-order valence-corrected chi connectivity index (χ4v) is 4.22. The molecule has 0 spiro atoms. The number of hydrogen-bond acceptors (Lipinski definition) is 10. The van der Waals surface area contributed by atoms with E-state index in [1.165, 1.54) is 0 Å². The van der Waals surface area contributed by atoms with Crippen molar-refractivity contribution in [2.24, 2.45) is 0 Å². The average Bonchev–Trinajstić information content (AvgIpc) is 3.48. The molecule has 0 saturated carbocycles. The maximum absolute atomic E-state index is 10.3. The molecule has 0 fully saturated rings. The van der Waals surface area contributed by atoms with Crippen LogP contribution in [0.25, 0.3) is 11.5 Å². The van der Waals surface area contributed by atoms with Crippen LogP contribution in [-0.4, -0.2) is 44.1 Å². The molecule has 10 nitrogen and oxygen atoms in total. The number of hydrogen-bond donors (Lipinski definition) is 5. The van der Waals surface area contributed by atoms with Crippen LogP contribution in [0.2, 0.25) is 0 Å². The van der Waals surface area contributed by atoms with Crippen molar-refractivity contribution >= 4 is 29.8 Å². The number of pyridine rings is 1. The van der Waals surface area contributed by atoms with Gasteiger partial charge in [-0.3, -0.25) is 0 Å². The molecule has 1 aliphatic heterocycles. The van der Waals surface area contributed by atoms with Crippen LogP contribution < -0.4 is 16.1 Å². The van der Waals surface area contributed by atoms with Crippen LogP contribution in [0.3, 0.4) is 0 Å². The Morgan fingerprint density at radius 2 is 1.89 bits per heavy atom. The molecule has 190 valence electrons. The van der Waals surface area contributed by atoms with Gasteiger partial charge in [0.05, 0.1) is 30.0 Å². The molecule has 1 aliphatic rings. The van der Waals surface area contributed by atoms with E-state index in [9.17, 15) is 15.2 Å². The zero-order chi connectivity index (χ0) is 26.2. The molecule has 2 atom stereocenters. The van der Waals surface area contributed by atoms with Crippen molar-refractivity contribution < 1.29 is 24.3 Å². The summed E-state index contributed by atoms with van der Waals surface area (Å²) < 4.78 is 11.2. The van der Waals surface area contributed by atoms with E-state index in [1.807, 2.05) is 55.5 Å². The van der Waals surface area contributed by atoms with E-state index in [-0.39, 0.29) is 24.5 Å². The van der Waals surface area contributed by atoms with E-state index < -0.39 is 18.8 Å². The van der Waals surface area contributed by atoms with Crippen LogP contribution in [0.4, 0.5) is 17.2 Å². The number of nitrogens with zero attached hydrogens (tertiary/aromatic N) is 3. The van der Waals surface area contributed by atoms with Gasteiger partial charge in [0.2, 0.25) is 5.89 Å². The highest BCUT2D eigenvalue weighted by Crippen LogP contribution is 2.34. The Kier molecular flexibility index (Phi) is 6.69. The van der Waals surface area contributed by atoms with E-state index in [4.69, 9.17) is 9.07 Å². The van der Waals surface area contributed by atoms with Gasteiger partial charge in [-0.25, -0.2) is 4.98 Å². The first kappa shape index (κ1) is 24.9. The first-order valence-electron chi connectivity index (χ1n) is 12.0. The van der Waals surface area contributed by atoms with Crippen molar-refractivity contribution in [3.63, 3.8) is 0 Å². The molecule has 11 heteroatoms. The van der Waals surface area contributed by atoms with Gasteiger partial charge in [-0.15, -0.1) is 10.2 Å². The molecule has 1 unspecified atom stereocenters. The van der Waals surface area contributed by atoms with Crippen LogP contribution in [0, 0.1) is 0 Å². The number of nitrogens with one attached hydrogen (secondary N) is 2. The van der Waals surface area contributed by atoms with Crippen LogP contribution in [0.15, 0.2) is 65.2 Å². The summed E-state index contributed by atoms with van der Waals surface area (Å²) in [6, 6.07) is 16.6. The maximum Gasteiger partial charge on any atom is 0.491 e. The zero-order valence-corrected chi connectivity index (χ0v) is 20.7.